The van der Waals surface area contributed by atoms with Crippen LogP contribution in [0.25, 0.3) is 10.9 Å². The van der Waals surface area contributed by atoms with Crippen LogP contribution in [0.15, 0.2) is 12.3 Å². The van der Waals surface area contributed by atoms with Crippen LogP contribution in [0.1, 0.15) is 48.5 Å². The zero-order chi connectivity index (χ0) is 18.8. The van der Waals surface area contributed by atoms with Gasteiger partial charge in [-0.05, 0) is 57.8 Å². The molecular weight excluding hydrogens is 328 g/mol. The van der Waals surface area contributed by atoms with Crippen LogP contribution in [0.3, 0.4) is 0 Å². The maximum atomic E-state index is 12.3. The molecule has 6 nitrogen and oxygen atoms in total. The fourth-order valence-electron chi connectivity index (χ4n) is 4.10. The summed E-state index contributed by atoms with van der Waals surface area (Å²) in [6.45, 7) is 2.08. The van der Waals surface area contributed by atoms with E-state index in [1.165, 1.54) is 20.0 Å². The second-order valence-corrected chi connectivity index (χ2v) is 7.44. The molecule has 0 unspecified atom stereocenters. The molecule has 1 fully saturated rings. The Balaban J connectivity index is 1.97. The number of hydrogen-bond donors (Lipinski definition) is 1. The maximum Gasteiger partial charge on any atom is 0.338 e. The van der Waals surface area contributed by atoms with Crippen LogP contribution in [-0.4, -0.2) is 53.9 Å². The molecule has 0 bridgehead atoms. The SMILES string of the molecule is CCc1c(C(=O)OC)cc2c(cnn2C)c1NC1CCC(N(C)C)CC1. The second kappa shape index (κ2) is 7.66. The number of aromatic nitrogens is 2. The third-order valence-corrected chi connectivity index (χ3v) is 5.70. The Kier molecular flexibility index (Phi) is 5.51. The number of aryl methyl sites for hydroxylation is 1. The monoisotopic (exact) mass is 358 g/mol. The molecule has 1 N–H and O–H groups in total. The van der Waals surface area contributed by atoms with E-state index in [-0.39, 0.29) is 5.97 Å². The van der Waals surface area contributed by atoms with Crippen molar-refractivity contribution < 1.29 is 9.53 Å². The van der Waals surface area contributed by atoms with E-state index in [0.717, 1.165) is 41.4 Å². The lowest BCUT2D eigenvalue weighted by Gasteiger charge is -2.34. The summed E-state index contributed by atoms with van der Waals surface area (Å²) in [6, 6.07) is 2.99. The lowest BCUT2D eigenvalue weighted by molar-refractivity contribution is 0.0599. The van der Waals surface area contributed by atoms with Crippen molar-refractivity contribution in [3.8, 4) is 0 Å². The van der Waals surface area contributed by atoms with Gasteiger partial charge in [-0.3, -0.25) is 4.68 Å². The molecule has 6 heteroatoms. The zero-order valence-electron chi connectivity index (χ0n) is 16.5. The number of fused-ring (bicyclic) bond motifs is 1. The standard InChI is InChI=1S/C20H30N4O2/c1-6-15-16(20(25)26-5)11-18-17(12-21-24(18)4)19(15)22-13-7-9-14(10-8-13)23(2)3/h11-14,22H,6-10H2,1-5H3. The van der Waals surface area contributed by atoms with Gasteiger partial charge in [0.25, 0.3) is 0 Å². The Morgan fingerprint density at radius 3 is 2.62 bits per heavy atom. The Morgan fingerprint density at radius 2 is 2.04 bits per heavy atom. The molecule has 0 aliphatic heterocycles. The second-order valence-electron chi connectivity index (χ2n) is 7.44. The van der Waals surface area contributed by atoms with Crippen LogP contribution >= 0.6 is 0 Å². The summed E-state index contributed by atoms with van der Waals surface area (Å²) >= 11 is 0. The van der Waals surface area contributed by atoms with Gasteiger partial charge < -0.3 is 15.0 Å². The van der Waals surface area contributed by atoms with E-state index in [2.05, 4.69) is 36.3 Å². The van der Waals surface area contributed by atoms with Crippen molar-refractivity contribution in [2.75, 3.05) is 26.5 Å². The predicted molar refractivity (Wildman–Crippen MR) is 105 cm³/mol. The van der Waals surface area contributed by atoms with Crippen LogP contribution < -0.4 is 5.32 Å². The lowest BCUT2D eigenvalue weighted by atomic mass is 9.89. The van der Waals surface area contributed by atoms with Crippen LogP contribution in [0.2, 0.25) is 0 Å². The molecule has 0 radical (unpaired) electrons. The predicted octanol–water partition coefficient (Wildman–Crippen LogP) is 3.21. The van der Waals surface area contributed by atoms with Gasteiger partial charge in [0.2, 0.25) is 0 Å². The Labute approximate surface area is 155 Å². The zero-order valence-corrected chi connectivity index (χ0v) is 16.5. The molecule has 142 valence electrons. The summed E-state index contributed by atoms with van der Waals surface area (Å²) in [5, 5.41) is 9.24. The average Bonchev–Trinajstić information content (AvgIpc) is 3.02. The van der Waals surface area contributed by atoms with E-state index < -0.39 is 0 Å². The maximum absolute atomic E-state index is 12.3. The number of ether oxygens (including phenoxy) is 1. The molecule has 0 saturated heterocycles. The summed E-state index contributed by atoms with van der Waals surface area (Å²) in [5.41, 5.74) is 3.65. The van der Waals surface area contributed by atoms with E-state index in [4.69, 9.17) is 4.74 Å². The number of nitrogens with zero attached hydrogens (tertiary/aromatic N) is 3. The summed E-state index contributed by atoms with van der Waals surface area (Å²) < 4.78 is 6.84. The van der Waals surface area contributed by atoms with E-state index in [0.29, 0.717) is 17.6 Å². The number of carbonyl (C=O) groups is 1. The number of benzene rings is 1. The van der Waals surface area contributed by atoms with E-state index in [1.54, 1.807) is 0 Å². The van der Waals surface area contributed by atoms with Crippen LogP contribution in [0, 0.1) is 0 Å². The van der Waals surface area contributed by atoms with Gasteiger partial charge in [-0.25, -0.2) is 4.79 Å². The lowest BCUT2D eigenvalue weighted by Crippen LogP contribution is -2.36. The molecule has 1 aliphatic rings. The molecule has 1 aromatic heterocycles. The van der Waals surface area contributed by atoms with Gasteiger partial charge in [0.05, 0.1) is 24.4 Å². The van der Waals surface area contributed by atoms with Crippen molar-refractivity contribution in [2.45, 2.75) is 51.1 Å². The molecule has 1 heterocycles. The minimum atomic E-state index is -0.288. The first-order valence-electron chi connectivity index (χ1n) is 9.45. The average molecular weight is 358 g/mol. The van der Waals surface area contributed by atoms with Gasteiger partial charge in [0.15, 0.2) is 0 Å². The number of carbonyl (C=O) groups excluding carboxylic acids is 1. The smallest absolute Gasteiger partial charge is 0.338 e. The van der Waals surface area contributed by atoms with Gasteiger partial charge in [-0.15, -0.1) is 0 Å². The molecule has 1 aliphatic carbocycles. The molecule has 1 aromatic carbocycles. The summed E-state index contributed by atoms with van der Waals surface area (Å²) in [7, 11) is 7.66. The number of anilines is 1. The third kappa shape index (κ3) is 3.43. The Morgan fingerprint density at radius 1 is 1.35 bits per heavy atom. The minimum absolute atomic E-state index is 0.288. The number of nitrogens with one attached hydrogen (secondary N) is 1. The highest BCUT2D eigenvalue weighted by atomic mass is 16.5. The highest BCUT2D eigenvalue weighted by Crippen LogP contribution is 2.34. The number of hydrogen-bond acceptors (Lipinski definition) is 5. The molecule has 2 aromatic rings. The van der Waals surface area contributed by atoms with Crippen LogP contribution in [0.4, 0.5) is 5.69 Å². The molecular formula is C20H30N4O2. The van der Waals surface area contributed by atoms with Crippen molar-refractivity contribution >= 4 is 22.6 Å². The number of rotatable bonds is 5. The number of methoxy groups -OCH3 is 1. The van der Waals surface area contributed by atoms with Crippen molar-refractivity contribution in [3.63, 3.8) is 0 Å². The Bertz CT molecular complexity index is 789. The summed E-state index contributed by atoms with van der Waals surface area (Å²) in [4.78, 5) is 14.7. The first-order chi connectivity index (χ1) is 12.5. The molecule has 1 saturated carbocycles. The van der Waals surface area contributed by atoms with E-state index >= 15 is 0 Å². The van der Waals surface area contributed by atoms with Crippen LogP contribution in [0.5, 0.6) is 0 Å². The van der Waals surface area contributed by atoms with E-state index in [9.17, 15) is 4.79 Å². The van der Waals surface area contributed by atoms with E-state index in [1.807, 2.05) is 24.0 Å². The van der Waals surface area contributed by atoms with Gasteiger partial charge in [-0.2, -0.15) is 5.10 Å². The number of esters is 1. The minimum Gasteiger partial charge on any atom is -0.465 e. The fraction of sp³-hybridized carbons (Fsp3) is 0.600. The van der Waals surface area contributed by atoms with Gasteiger partial charge in [-0.1, -0.05) is 6.92 Å². The van der Waals surface area contributed by atoms with Gasteiger partial charge in [0.1, 0.15) is 0 Å². The molecule has 0 amide bonds. The molecule has 0 spiro atoms. The normalized spacial score (nSPS) is 20.5. The van der Waals surface area contributed by atoms with Gasteiger partial charge in [0, 0.05) is 30.2 Å². The largest absolute Gasteiger partial charge is 0.465 e. The first kappa shape index (κ1) is 18.7. The highest BCUT2D eigenvalue weighted by molar-refractivity contribution is 6.03. The molecule has 3 rings (SSSR count). The van der Waals surface area contributed by atoms with Crippen LogP contribution in [-0.2, 0) is 18.2 Å². The molecule has 0 atom stereocenters. The van der Waals surface area contributed by atoms with Gasteiger partial charge >= 0.3 is 5.97 Å². The summed E-state index contributed by atoms with van der Waals surface area (Å²) in [6.07, 6.45) is 7.32. The van der Waals surface area contributed by atoms with Crippen molar-refractivity contribution in [3.05, 3.63) is 23.4 Å². The Hall–Kier alpha value is -2.08. The highest BCUT2D eigenvalue weighted by Gasteiger charge is 2.25. The third-order valence-electron chi connectivity index (χ3n) is 5.70. The topological polar surface area (TPSA) is 59.4 Å². The fourth-order valence-corrected chi connectivity index (χ4v) is 4.10. The first-order valence-corrected chi connectivity index (χ1v) is 9.45. The molecule has 26 heavy (non-hydrogen) atoms. The summed E-state index contributed by atoms with van der Waals surface area (Å²) in [5.74, 6) is -0.288. The quantitative estimate of drug-likeness (QED) is 0.832. The van der Waals surface area contributed by atoms with Crippen molar-refractivity contribution in [2.24, 2.45) is 7.05 Å². The van der Waals surface area contributed by atoms with Crippen molar-refractivity contribution in [1.29, 1.82) is 0 Å². The van der Waals surface area contributed by atoms with Crippen molar-refractivity contribution in [1.82, 2.24) is 14.7 Å².